The molecule has 16 fully saturated rings. The van der Waals surface area contributed by atoms with Gasteiger partial charge in [0.05, 0.1) is 77.6 Å². The Morgan fingerprint density at radius 3 is 1.06 bits per heavy atom. The molecule has 32 atom stereocenters. The molecule has 6 aromatic rings. The van der Waals surface area contributed by atoms with Crippen molar-refractivity contribution < 1.29 is 58.6 Å². The number of halogens is 1. The molecule has 4 aromatic heterocycles. The van der Waals surface area contributed by atoms with Gasteiger partial charge in [-0.05, 0) is 429 Å². The molecule has 0 bridgehead atoms. The molecule has 21 nitrogen and oxygen atoms in total. The quantitative estimate of drug-likeness (QED) is 0.0434. The van der Waals surface area contributed by atoms with E-state index < -0.39 is 22.4 Å². The number of hydrogen-bond acceptors (Lipinski definition) is 18. The molecule has 0 radical (unpaired) electrons. The molecule has 2 aromatic carbocycles. The van der Waals surface area contributed by atoms with Gasteiger partial charge in [-0.25, -0.2) is 4.68 Å². The molecular formula is C110H160BrN9O12. The topological polar surface area (TPSA) is 278 Å². The zero-order chi connectivity index (χ0) is 91.9. The van der Waals surface area contributed by atoms with Crippen molar-refractivity contribution in [1.29, 1.82) is 0 Å². The number of hydrogen-bond donors (Lipinski definition) is 4. The summed E-state index contributed by atoms with van der Waals surface area (Å²) >= 11 is 3.42. The Morgan fingerprint density at radius 2 is 0.697 bits per heavy atom. The number of Topliss-reactive ketones (excluding diaryl/α,β-unsaturated/α-hetero) is 4. The normalized spacial score (nSPS) is 42.5. The number of fused-ring (bicyclic) bond motifs is 23. The Hall–Kier alpha value is -5.30. The Bertz CT molecular complexity index is 4800. The van der Waals surface area contributed by atoms with Crippen molar-refractivity contribution in [3.8, 4) is 0 Å². The highest BCUT2D eigenvalue weighted by molar-refractivity contribution is 9.09. The van der Waals surface area contributed by atoms with Gasteiger partial charge in [-0.1, -0.05) is 73.1 Å². The highest BCUT2D eigenvalue weighted by Gasteiger charge is 2.65. The van der Waals surface area contributed by atoms with Gasteiger partial charge >= 0.3 is 0 Å². The zero-order valence-corrected chi connectivity index (χ0v) is 82.8. The lowest BCUT2D eigenvalue weighted by Crippen LogP contribution is -2.52. The number of carbonyl (C=O) groups is 4. The fraction of sp³-hybridized carbons (Fsp3) is 0.800. The number of aliphatic hydroxyl groups is 4. The second-order valence-electron chi connectivity index (χ2n) is 47.5. The van der Waals surface area contributed by atoms with E-state index in [0.717, 1.165) is 213 Å². The summed E-state index contributed by atoms with van der Waals surface area (Å²) in [4.78, 5) is 59.2. The van der Waals surface area contributed by atoms with E-state index in [0.29, 0.717) is 142 Å². The van der Waals surface area contributed by atoms with Crippen LogP contribution in [-0.4, -0.2) is 169 Å². The maximum Gasteiger partial charge on any atom is 0.159 e. The van der Waals surface area contributed by atoms with Crippen molar-refractivity contribution >= 4 is 72.0 Å². The first-order chi connectivity index (χ1) is 63.6. The average Bonchev–Trinajstić information content (AvgIpc) is 0.817. The van der Waals surface area contributed by atoms with Crippen molar-refractivity contribution in [2.75, 3.05) is 58.2 Å². The molecule has 0 aliphatic heterocycles. The van der Waals surface area contributed by atoms with Gasteiger partial charge in [0.25, 0.3) is 0 Å². The number of para-hydroxylation sites is 1. The van der Waals surface area contributed by atoms with Crippen LogP contribution < -0.4 is 0 Å². The van der Waals surface area contributed by atoms with Crippen LogP contribution in [0.15, 0.2) is 73.2 Å². The minimum atomic E-state index is -0.622. The second kappa shape index (κ2) is 39.1. The summed E-state index contributed by atoms with van der Waals surface area (Å²) in [7, 11) is 0. The van der Waals surface area contributed by atoms with Crippen molar-refractivity contribution in [1.82, 2.24) is 44.8 Å². The van der Waals surface area contributed by atoms with Gasteiger partial charge in [-0.3, -0.25) is 28.8 Å². The molecule has 0 amide bonds. The fourth-order valence-electron chi connectivity index (χ4n) is 35.6. The number of aromatic nitrogens is 9. The van der Waals surface area contributed by atoms with Crippen LogP contribution >= 0.6 is 15.9 Å². The van der Waals surface area contributed by atoms with Crippen LogP contribution in [0.3, 0.4) is 0 Å². The minimum Gasteiger partial charge on any atom is -0.387 e. The molecule has 16 aliphatic rings. The number of rotatable bonds is 23. The smallest absolute Gasteiger partial charge is 0.159 e. The Balaban J connectivity index is 0.000000114. The Labute approximate surface area is 794 Å². The molecule has 0 unspecified atom stereocenters. The van der Waals surface area contributed by atoms with Crippen molar-refractivity contribution in [2.24, 2.45) is 164 Å². The number of ether oxygens (including phenoxy) is 4. The van der Waals surface area contributed by atoms with Gasteiger partial charge in [-0.15, -0.1) is 5.10 Å². The van der Waals surface area contributed by atoms with E-state index in [-0.39, 0.29) is 45.3 Å². The third kappa shape index (κ3) is 18.2. The van der Waals surface area contributed by atoms with E-state index in [1.54, 1.807) is 15.7 Å². The number of nitrogens with zero attached hydrogens (tertiary/aromatic N) is 9. The molecule has 724 valence electrons. The van der Waals surface area contributed by atoms with Crippen molar-refractivity contribution in [3.05, 3.63) is 73.2 Å². The first kappa shape index (κ1) is 95.6. The van der Waals surface area contributed by atoms with E-state index >= 15 is 0 Å². The second-order valence-corrected chi connectivity index (χ2v) is 48.1. The lowest BCUT2D eigenvalue weighted by Gasteiger charge is -2.57. The van der Waals surface area contributed by atoms with Crippen LogP contribution in [0.1, 0.15) is 287 Å². The monoisotopic (exact) mass is 1880 g/mol. The summed E-state index contributed by atoms with van der Waals surface area (Å²) in [6.45, 7) is 23.4. The van der Waals surface area contributed by atoms with Crippen LogP contribution in [0, 0.1) is 164 Å². The minimum absolute atomic E-state index is 0.113. The van der Waals surface area contributed by atoms with Gasteiger partial charge in [0, 0.05) is 61.7 Å². The first-order valence-electron chi connectivity index (χ1n) is 53.4. The van der Waals surface area contributed by atoms with Crippen molar-refractivity contribution in [2.45, 2.75) is 329 Å². The number of benzene rings is 2. The third-order valence-electron chi connectivity index (χ3n) is 41.5. The molecular weight excluding hydrogens is 1720 g/mol. The molecule has 16 aliphatic carbocycles. The predicted molar refractivity (Wildman–Crippen MR) is 515 cm³/mol. The molecule has 22 rings (SSSR count). The Morgan fingerprint density at radius 1 is 0.364 bits per heavy atom. The summed E-state index contributed by atoms with van der Waals surface area (Å²) in [6.07, 6.45) is 46.1. The molecule has 22 heteroatoms. The molecule has 4 heterocycles. The van der Waals surface area contributed by atoms with E-state index in [4.69, 9.17) is 18.9 Å². The molecule has 16 saturated carbocycles. The fourth-order valence-corrected chi connectivity index (χ4v) is 36.0. The van der Waals surface area contributed by atoms with Crippen LogP contribution in [0.5, 0.6) is 0 Å². The van der Waals surface area contributed by atoms with E-state index in [9.17, 15) is 39.6 Å². The first-order valence-corrected chi connectivity index (χ1v) is 54.5. The molecule has 0 saturated heterocycles. The third-order valence-corrected chi connectivity index (χ3v) is 42.1. The summed E-state index contributed by atoms with van der Waals surface area (Å²) in [5.41, 5.74) is 2.60. The molecule has 0 spiro atoms. The van der Waals surface area contributed by atoms with Gasteiger partial charge in [-0.2, -0.15) is 20.1 Å². The maximum atomic E-state index is 13.6. The summed E-state index contributed by atoms with van der Waals surface area (Å²) in [5, 5.41) is 68.1. The standard InChI is InChI=1S/3C29H41N3O3.C23H37BrO3/c1-3-35-18-29(34)12-9-21-19(14-29)4-5-23-22(21)8-11-28(2)24(23)6-7-25(28)27(33)17-32-26-16-30-13-10-20(26)15-31-32;1-3-35-18-29(34)15-13-20-19(16-29)8-9-22-21(20)12-14-28(2)23(22)10-11-24(28)27(33)17-32-26-7-5-4-6-25(26)30-31-32;1-3-35-18-29(34)15-13-20-19(16-29)8-9-22-21(20)12-14-28(2)23(22)10-11-24(28)27(33)17-32-30-25-6-4-5-7-26(25)31-32;1-3-27-14-23(26)11-9-16-15(12-23)4-5-18-17(16)8-10-22(2)19(18)6-7-20(22)21(25)13-24/h10,13,15-16,19,21-25,34H,3-9,11-12,14,17-18H2,1-2H3;2*4-7,19-24,34H,3,8-18H2,1-2H3;15-20,26H,3-14H2,1-2H3/t19-,21-,22+,23+,24-,25+,28-,29+;2*19-,20-,21+,22+,23-,24+,28-,29+;15-,16-,17+,18+,19-,20+,22-,23+/m0000/s1. The molecule has 4 N–H and O–H groups in total. The SMILES string of the molecule is CCOC[C@@]1(O)CC[C@H]2[C@@H](CC[C@@H]3[C@@H]2CC[C@]2(C)[C@@H](C(=O)CBr)CC[C@@H]32)C1.CCOC[C@@]1(O)CC[C@H]2[C@@H](CC[C@@H]3[C@@H]2CC[C@]2(C)[C@@H](C(=O)Cn4nc5ccccc5n4)CC[C@@H]32)C1.CCOC[C@@]1(O)CC[C@H]2[C@@H](CC[C@@H]3[C@@H]2CC[C@]2(C)[C@@H](C(=O)Cn4ncc5ccncc54)CC[C@@H]32)C1.CCOC[C@@]1(O)CC[C@H]2[C@@H](CC[C@@H]3[C@@H]2CC[C@]2(C)[C@@H](C(=O)Cn4nnc5ccccc54)CC[C@@H]32)C1. The number of ketones is 4. The van der Waals surface area contributed by atoms with Crippen LogP contribution in [0.2, 0.25) is 0 Å². The summed E-state index contributed by atoms with van der Waals surface area (Å²) in [5.74, 6) is 16.7. The van der Waals surface area contributed by atoms with Crippen LogP contribution in [0.4, 0.5) is 0 Å². The average molecular weight is 1880 g/mol. The van der Waals surface area contributed by atoms with E-state index in [1.807, 2.05) is 99.4 Å². The lowest BCUT2D eigenvalue weighted by atomic mass is 9.49. The number of carbonyl (C=O) groups excluding carboxylic acids is 4. The largest absolute Gasteiger partial charge is 0.387 e. The van der Waals surface area contributed by atoms with Gasteiger partial charge in [0.1, 0.15) is 42.0 Å². The van der Waals surface area contributed by atoms with Crippen molar-refractivity contribution in [3.63, 3.8) is 0 Å². The van der Waals surface area contributed by atoms with Crippen LogP contribution in [0.25, 0.3) is 33.0 Å². The summed E-state index contributed by atoms with van der Waals surface area (Å²) < 4.78 is 26.1. The number of alkyl halides is 1. The summed E-state index contributed by atoms with van der Waals surface area (Å²) in [6, 6.07) is 17.7. The van der Waals surface area contributed by atoms with Gasteiger partial charge in [0.2, 0.25) is 0 Å². The van der Waals surface area contributed by atoms with E-state index in [2.05, 4.69) is 74.2 Å². The highest BCUT2D eigenvalue weighted by Crippen LogP contribution is 2.70. The van der Waals surface area contributed by atoms with E-state index in [1.165, 1.54) is 128 Å². The highest BCUT2D eigenvalue weighted by atomic mass is 79.9. The van der Waals surface area contributed by atoms with Gasteiger partial charge in [0.15, 0.2) is 17.3 Å². The maximum absolute atomic E-state index is 13.6. The van der Waals surface area contributed by atoms with Crippen LogP contribution in [-0.2, 0) is 57.8 Å². The molecule has 132 heavy (non-hydrogen) atoms. The Kier molecular flexibility index (Phi) is 28.3. The van der Waals surface area contributed by atoms with Gasteiger partial charge < -0.3 is 39.4 Å². The predicted octanol–water partition coefficient (Wildman–Crippen LogP) is 20.1. The number of pyridine rings is 1. The lowest BCUT2D eigenvalue weighted by molar-refractivity contribution is -0.138. The zero-order valence-electron chi connectivity index (χ0n) is 81.2.